The predicted molar refractivity (Wildman–Crippen MR) is 117 cm³/mol. The molecule has 0 bridgehead atoms. The monoisotopic (exact) mass is 418 g/mol. The van der Waals surface area contributed by atoms with Crippen LogP contribution < -0.4 is 9.47 Å². The van der Waals surface area contributed by atoms with Gasteiger partial charge in [-0.2, -0.15) is 0 Å². The zero-order valence-electron chi connectivity index (χ0n) is 17.9. The lowest BCUT2D eigenvalue weighted by Gasteiger charge is -2.32. The summed E-state index contributed by atoms with van der Waals surface area (Å²) >= 11 is 0. The minimum absolute atomic E-state index is 0.225. The Bertz CT molecular complexity index is 953. The summed E-state index contributed by atoms with van der Waals surface area (Å²) in [4.78, 5) is 11.1. The topological polar surface area (TPSA) is 43.4 Å². The van der Waals surface area contributed by atoms with Crippen LogP contribution in [0.5, 0.6) is 11.5 Å². The third-order valence-electron chi connectivity index (χ3n) is 5.65. The van der Waals surface area contributed by atoms with Crippen molar-refractivity contribution in [2.24, 2.45) is 0 Å². The van der Waals surface area contributed by atoms with Crippen molar-refractivity contribution in [2.75, 3.05) is 26.7 Å². The lowest BCUT2D eigenvalue weighted by atomic mass is 9.77. The molecule has 2 heterocycles. The molecule has 6 heteroatoms. The molecule has 160 valence electrons. The van der Waals surface area contributed by atoms with Crippen LogP contribution in [0, 0.1) is 24.7 Å². The number of ether oxygens (including phenoxy) is 2. The minimum atomic E-state index is -0.228. The summed E-state index contributed by atoms with van der Waals surface area (Å²) in [5.41, 5.74) is 4.29. The van der Waals surface area contributed by atoms with Crippen molar-refractivity contribution in [3.8, 4) is 36.2 Å². The van der Waals surface area contributed by atoms with Crippen LogP contribution in [0.2, 0.25) is 0 Å². The van der Waals surface area contributed by atoms with Gasteiger partial charge in [-0.3, -0.25) is 9.68 Å². The van der Waals surface area contributed by atoms with E-state index >= 15 is 0 Å². The molecular formula is C25H26N2O4. The molecule has 0 unspecified atom stereocenters. The second-order valence-electron chi connectivity index (χ2n) is 8.05. The Morgan fingerprint density at radius 1 is 0.839 bits per heavy atom. The molecule has 0 N–H and O–H groups in total. The highest BCUT2D eigenvalue weighted by Gasteiger charge is 2.28. The highest BCUT2D eigenvalue weighted by atomic mass is 16.7. The van der Waals surface area contributed by atoms with E-state index in [9.17, 15) is 0 Å². The second kappa shape index (κ2) is 9.01. The number of terminal acetylenes is 2. The van der Waals surface area contributed by atoms with E-state index in [0.717, 1.165) is 22.6 Å². The van der Waals surface area contributed by atoms with Gasteiger partial charge in [0.05, 0.1) is 13.1 Å². The Kier molecular flexibility index (Phi) is 6.18. The van der Waals surface area contributed by atoms with Gasteiger partial charge in [-0.25, -0.2) is 0 Å². The van der Waals surface area contributed by atoms with Gasteiger partial charge in [-0.05, 0) is 35.4 Å². The van der Waals surface area contributed by atoms with Gasteiger partial charge in [0.15, 0.2) is 13.5 Å². The maximum atomic E-state index is 5.81. The van der Waals surface area contributed by atoms with Crippen molar-refractivity contribution in [2.45, 2.75) is 32.4 Å². The average Bonchev–Trinajstić information content (AvgIpc) is 2.80. The molecule has 2 aromatic carbocycles. The fourth-order valence-corrected chi connectivity index (χ4v) is 3.81. The standard InChI is InChI=1S/C25H26N2O4/c1-5-11-30-26-15-19-13-21(7-9-23(19)28-17-26)25(3,4)22-8-10-24-20(14-22)16-27(18-29-24)31-12-6-2/h1-2,7-10,13-14H,11-12,15-18H2,3-4H3. The van der Waals surface area contributed by atoms with Gasteiger partial charge in [0.25, 0.3) is 0 Å². The largest absolute Gasteiger partial charge is 0.476 e. The Morgan fingerprint density at radius 2 is 1.29 bits per heavy atom. The molecule has 0 amide bonds. The molecular weight excluding hydrogens is 392 g/mol. The Hall–Kier alpha value is -3.00. The Balaban J connectivity index is 1.57. The Labute approximate surface area is 183 Å². The number of hydrogen-bond acceptors (Lipinski definition) is 6. The number of hydroxylamine groups is 4. The first-order valence-corrected chi connectivity index (χ1v) is 10.2. The molecule has 0 fully saturated rings. The van der Waals surface area contributed by atoms with Crippen LogP contribution in [0.1, 0.15) is 36.1 Å². The zero-order chi connectivity index (χ0) is 21.8. The summed E-state index contributed by atoms with van der Waals surface area (Å²) in [6.45, 7) is 6.85. The fourth-order valence-electron chi connectivity index (χ4n) is 3.81. The van der Waals surface area contributed by atoms with Gasteiger partial charge in [0.2, 0.25) is 0 Å². The van der Waals surface area contributed by atoms with Crippen LogP contribution >= 0.6 is 0 Å². The second-order valence-corrected chi connectivity index (χ2v) is 8.05. The van der Waals surface area contributed by atoms with Crippen LogP contribution in [0.3, 0.4) is 0 Å². The van der Waals surface area contributed by atoms with Gasteiger partial charge in [-0.15, -0.1) is 23.0 Å². The van der Waals surface area contributed by atoms with Gasteiger partial charge in [0, 0.05) is 16.5 Å². The van der Waals surface area contributed by atoms with E-state index in [2.05, 4.69) is 50.0 Å². The van der Waals surface area contributed by atoms with Crippen molar-refractivity contribution in [1.29, 1.82) is 0 Å². The SMILES string of the molecule is C#CCON1COc2ccc(C(C)(C)c3ccc4c(c3)CN(OCC#C)CO4)cc2C1. The normalized spacial score (nSPS) is 16.3. The quantitative estimate of drug-likeness (QED) is 0.670. The molecule has 2 aliphatic heterocycles. The zero-order valence-corrected chi connectivity index (χ0v) is 17.9. The maximum Gasteiger partial charge on any atom is 0.164 e. The molecule has 0 aliphatic carbocycles. The van der Waals surface area contributed by atoms with Crippen LogP contribution in [0.4, 0.5) is 0 Å². The number of nitrogens with zero attached hydrogens (tertiary/aromatic N) is 2. The summed E-state index contributed by atoms with van der Waals surface area (Å²) in [7, 11) is 0. The van der Waals surface area contributed by atoms with Crippen LogP contribution in [0.15, 0.2) is 36.4 Å². The van der Waals surface area contributed by atoms with Crippen LogP contribution in [-0.4, -0.2) is 36.8 Å². The van der Waals surface area contributed by atoms with Crippen LogP contribution in [-0.2, 0) is 28.2 Å². The number of benzene rings is 2. The summed E-state index contributed by atoms with van der Waals surface area (Å²) in [6.07, 6.45) is 10.6. The number of fused-ring (bicyclic) bond motifs is 2. The van der Waals surface area contributed by atoms with E-state index in [4.69, 9.17) is 32.0 Å². The molecule has 6 nitrogen and oxygen atoms in total. The van der Waals surface area contributed by atoms with Gasteiger partial charge in [-0.1, -0.05) is 37.8 Å². The van der Waals surface area contributed by atoms with Crippen molar-refractivity contribution in [3.63, 3.8) is 0 Å². The van der Waals surface area contributed by atoms with E-state index in [1.165, 1.54) is 11.1 Å². The molecule has 31 heavy (non-hydrogen) atoms. The first-order chi connectivity index (χ1) is 15.0. The number of rotatable bonds is 6. The minimum Gasteiger partial charge on any atom is -0.476 e. The molecule has 0 spiro atoms. The highest BCUT2D eigenvalue weighted by molar-refractivity contribution is 5.48. The molecule has 0 radical (unpaired) electrons. The third-order valence-corrected chi connectivity index (χ3v) is 5.65. The highest BCUT2D eigenvalue weighted by Crippen LogP contribution is 2.38. The average molecular weight is 418 g/mol. The first kappa shape index (κ1) is 21.2. The predicted octanol–water partition coefficient (Wildman–Crippen LogP) is 3.45. The number of hydrogen-bond donors (Lipinski definition) is 0. The van der Waals surface area contributed by atoms with E-state index in [-0.39, 0.29) is 18.6 Å². The fraction of sp³-hybridized carbons (Fsp3) is 0.360. The third kappa shape index (κ3) is 4.54. The molecule has 2 aromatic rings. The molecule has 2 aliphatic rings. The lowest BCUT2D eigenvalue weighted by Crippen LogP contribution is -2.33. The van der Waals surface area contributed by atoms with Gasteiger partial charge < -0.3 is 9.47 Å². The van der Waals surface area contributed by atoms with Crippen molar-refractivity contribution in [3.05, 3.63) is 58.7 Å². The summed E-state index contributed by atoms with van der Waals surface area (Å²) in [5.74, 6) is 6.72. The molecule has 0 saturated carbocycles. The first-order valence-electron chi connectivity index (χ1n) is 10.2. The van der Waals surface area contributed by atoms with E-state index in [1.807, 2.05) is 12.1 Å². The van der Waals surface area contributed by atoms with E-state index in [0.29, 0.717) is 26.6 Å². The Morgan fingerprint density at radius 3 is 1.71 bits per heavy atom. The van der Waals surface area contributed by atoms with E-state index in [1.54, 1.807) is 10.1 Å². The molecule has 0 atom stereocenters. The van der Waals surface area contributed by atoms with Gasteiger partial charge in [0.1, 0.15) is 24.7 Å². The van der Waals surface area contributed by atoms with Crippen LogP contribution in [0.25, 0.3) is 0 Å². The smallest absolute Gasteiger partial charge is 0.164 e. The van der Waals surface area contributed by atoms with Crippen molar-refractivity contribution < 1.29 is 19.1 Å². The molecule has 0 saturated heterocycles. The van der Waals surface area contributed by atoms with Crippen molar-refractivity contribution in [1.82, 2.24) is 10.1 Å². The van der Waals surface area contributed by atoms with Crippen molar-refractivity contribution >= 4 is 0 Å². The van der Waals surface area contributed by atoms with E-state index < -0.39 is 0 Å². The molecule has 0 aromatic heterocycles. The lowest BCUT2D eigenvalue weighted by molar-refractivity contribution is -0.194. The summed E-state index contributed by atoms with van der Waals surface area (Å²) in [5, 5.41) is 3.47. The summed E-state index contributed by atoms with van der Waals surface area (Å²) < 4.78 is 11.6. The molecule has 4 rings (SSSR count). The maximum absolute atomic E-state index is 5.81. The van der Waals surface area contributed by atoms with Gasteiger partial charge >= 0.3 is 0 Å². The summed E-state index contributed by atoms with van der Waals surface area (Å²) in [6, 6.07) is 12.7.